The summed E-state index contributed by atoms with van der Waals surface area (Å²) in [6, 6.07) is 11.8. The molecule has 1 aliphatic rings. The molecule has 0 radical (unpaired) electrons. The lowest BCUT2D eigenvalue weighted by atomic mass is 10.0. The van der Waals surface area contributed by atoms with Gasteiger partial charge in [-0.25, -0.2) is 4.98 Å². The van der Waals surface area contributed by atoms with Gasteiger partial charge in [0.05, 0.1) is 11.2 Å². The first-order valence-electron chi connectivity index (χ1n) is 7.15. The average molecular weight is 287 g/mol. The van der Waals surface area contributed by atoms with Gasteiger partial charge in [0.2, 0.25) is 0 Å². The quantitative estimate of drug-likeness (QED) is 0.940. The highest BCUT2D eigenvalue weighted by molar-refractivity contribution is 7.09. The van der Waals surface area contributed by atoms with Crippen molar-refractivity contribution in [1.82, 2.24) is 15.2 Å². The van der Waals surface area contributed by atoms with Crippen LogP contribution in [0.25, 0.3) is 0 Å². The first kappa shape index (κ1) is 13.7. The van der Waals surface area contributed by atoms with Crippen molar-refractivity contribution in [2.75, 3.05) is 13.1 Å². The molecule has 1 aromatic heterocycles. The van der Waals surface area contributed by atoms with E-state index in [2.05, 4.69) is 59.4 Å². The number of hydrogen-bond donors (Lipinski definition) is 1. The van der Waals surface area contributed by atoms with Crippen LogP contribution in [0.15, 0.2) is 35.8 Å². The minimum absolute atomic E-state index is 0.453. The predicted octanol–water partition coefficient (Wildman–Crippen LogP) is 2.99. The van der Waals surface area contributed by atoms with Gasteiger partial charge >= 0.3 is 0 Å². The zero-order chi connectivity index (χ0) is 13.9. The Morgan fingerprint density at radius 3 is 2.85 bits per heavy atom. The van der Waals surface area contributed by atoms with Gasteiger partial charge in [0.1, 0.15) is 0 Å². The smallest absolute Gasteiger partial charge is 0.0798 e. The Labute approximate surface area is 124 Å². The van der Waals surface area contributed by atoms with Gasteiger partial charge in [-0.15, -0.1) is 11.3 Å². The third-order valence-electron chi connectivity index (χ3n) is 3.98. The summed E-state index contributed by atoms with van der Waals surface area (Å²) in [7, 11) is 0. The molecule has 1 aliphatic heterocycles. The van der Waals surface area contributed by atoms with Crippen LogP contribution in [0.3, 0.4) is 0 Å². The molecular formula is C16H21N3S. The number of aryl methyl sites for hydroxylation is 1. The second-order valence-electron chi connectivity index (χ2n) is 5.53. The summed E-state index contributed by atoms with van der Waals surface area (Å²) in [5, 5.41) is 3.60. The van der Waals surface area contributed by atoms with E-state index in [1.165, 1.54) is 16.1 Å². The number of rotatable bonds is 3. The van der Waals surface area contributed by atoms with Gasteiger partial charge in [-0.3, -0.25) is 4.90 Å². The molecule has 2 atom stereocenters. The number of aromatic nitrogens is 1. The maximum absolute atomic E-state index is 4.38. The molecule has 2 aromatic rings. The fourth-order valence-corrected chi connectivity index (χ4v) is 3.63. The van der Waals surface area contributed by atoms with Crippen molar-refractivity contribution < 1.29 is 0 Å². The molecule has 4 heteroatoms. The van der Waals surface area contributed by atoms with Gasteiger partial charge in [0.15, 0.2) is 0 Å². The van der Waals surface area contributed by atoms with Crippen LogP contribution in [0.4, 0.5) is 0 Å². The van der Waals surface area contributed by atoms with Crippen LogP contribution >= 0.6 is 11.3 Å². The average Bonchev–Trinajstić information content (AvgIpc) is 2.85. The fourth-order valence-electron chi connectivity index (χ4n) is 2.83. The Kier molecular flexibility index (Phi) is 4.15. The molecule has 3 nitrogen and oxygen atoms in total. The normalized spacial score (nSPS) is 23.9. The third kappa shape index (κ3) is 2.92. The lowest BCUT2D eigenvalue weighted by Gasteiger charge is -2.39. The van der Waals surface area contributed by atoms with Crippen LogP contribution in [-0.2, 0) is 6.54 Å². The van der Waals surface area contributed by atoms with Crippen molar-refractivity contribution in [3.8, 4) is 0 Å². The molecule has 0 bridgehead atoms. The van der Waals surface area contributed by atoms with Crippen molar-refractivity contribution in [1.29, 1.82) is 0 Å². The van der Waals surface area contributed by atoms with Gasteiger partial charge in [-0.1, -0.05) is 30.3 Å². The van der Waals surface area contributed by atoms with E-state index in [9.17, 15) is 0 Å². The van der Waals surface area contributed by atoms with E-state index in [-0.39, 0.29) is 0 Å². The molecule has 0 aliphatic carbocycles. The third-order valence-corrected chi connectivity index (χ3v) is 4.90. The molecule has 1 fully saturated rings. The number of thiazole rings is 1. The Morgan fingerprint density at radius 2 is 2.15 bits per heavy atom. The number of piperazine rings is 1. The summed E-state index contributed by atoms with van der Waals surface area (Å²) in [4.78, 5) is 8.34. The largest absolute Gasteiger partial charge is 0.311 e. The van der Waals surface area contributed by atoms with Crippen molar-refractivity contribution in [3.63, 3.8) is 0 Å². The second-order valence-corrected chi connectivity index (χ2v) is 6.47. The molecule has 1 aromatic carbocycles. The standard InChI is InChI=1S/C16H21N3S/c1-12-9-19(10-16-13(2)18-11-20-16)15(8-17-12)14-6-4-3-5-7-14/h3-7,11-12,15,17H,8-10H2,1-2H3. The fraction of sp³-hybridized carbons (Fsp3) is 0.438. The SMILES string of the molecule is Cc1ncsc1CN1CC(C)NCC1c1ccccc1. The lowest BCUT2D eigenvalue weighted by Crippen LogP contribution is -2.50. The van der Waals surface area contributed by atoms with Gasteiger partial charge in [0, 0.05) is 36.6 Å². The second kappa shape index (κ2) is 6.04. The van der Waals surface area contributed by atoms with E-state index < -0.39 is 0 Å². The highest BCUT2D eigenvalue weighted by atomic mass is 32.1. The van der Waals surface area contributed by atoms with Crippen molar-refractivity contribution in [2.45, 2.75) is 32.5 Å². The van der Waals surface area contributed by atoms with E-state index in [0.29, 0.717) is 12.1 Å². The summed E-state index contributed by atoms with van der Waals surface area (Å²) in [6.45, 7) is 7.46. The molecule has 1 saturated heterocycles. The highest BCUT2D eigenvalue weighted by Gasteiger charge is 2.27. The van der Waals surface area contributed by atoms with Crippen molar-refractivity contribution >= 4 is 11.3 Å². The van der Waals surface area contributed by atoms with E-state index >= 15 is 0 Å². The minimum Gasteiger partial charge on any atom is -0.311 e. The molecule has 1 N–H and O–H groups in total. The van der Waals surface area contributed by atoms with Crippen LogP contribution in [0.1, 0.15) is 29.1 Å². The van der Waals surface area contributed by atoms with Crippen LogP contribution in [-0.4, -0.2) is 29.0 Å². The van der Waals surface area contributed by atoms with Gasteiger partial charge in [0.25, 0.3) is 0 Å². The number of nitrogens with one attached hydrogen (secondary N) is 1. The van der Waals surface area contributed by atoms with Crippen LogP contribution in [0.2, 0.25) is 0 Å². The summed E-state index contributed by atoms with van der Waals surface area (Å²) in [5.74, 6) is 0. The summed E-state index contributed by atoms with van der Waals surface area (Å²) in [5.41, 5.74) is 4.52. The maximum atomic E-state index is 4.38. The summed E-state index contributed by atoms with van der Waals surface area (Å²) >= 11 is 1.77. The molecule has 0 amide bonds. The van der Waals surface area contributed by atoms with Gasteiger partial charge in [-0.2, -0.15) is 0 Å². The molecule has 0 spiro atoms. The Morgan fingerprint density at radius 1 is 1.35 bits per heavy atom. The van der Waals surface area contributed by atoms with E-state index in [4.69, 9.17) is 0 Å². The predicted molar refractivity (Wildman–Crippen MR) is 83.9 cm³/mol. The number of benzene rings is 1. The Balaban J connectivity index is 1.82. The summed E-state index contributed by atoms with van der Waals surface area (Å²) in [6.07, 6.45) is 0. The minimum atomic E-state index is 0.453. The molecule has 0 saturated carbocycles. The molecule has 106 valence electrons. The monoisotopic (exact) mass is 287 g/mol. The first-order chi connectivity index (χ1) is 9.74. The van der Waals surface area contributed by atoms with E-state index in [1.54, 1.807) is 11.3 Å². The molecule has 2 heterocycles. The van der Waals surface area contributed by atoms with Crippen LogP contribution in [0, 0.1) is 6.92 Å². The number of nitrogens with zero attached hydrogens (tertiary/aromatic N) is 2. The van der Waals surface area contributed by atoms with E-state index in [0.717, 1.165) is 19.6 Å². The van der Waals surface area contributed by atoms with Crippen molar-refractivity contribution in [3.05, 3.63) is 52.0 Å². The maximum Gasteiger partial charge on any atom is 0.0798 e. The van der Waals surface area contributed by atoms with Crippen LogP contribution in [0.5, 0.6) is 0 Å². The molecule has 20 heavy (non-hydrogen) atoms. The highest BCUT2D eigenvalue weighted by Crippen LogP contribution is 2.27. The lowest BCUT2D eigenvalue weighted by molar-refractivity contribution is 0.128. The number of hydrogen-bond acceptors (Lipinski definition) is 4. The first-order valence-corrected chi connectivity index (χ1v) is 8.03. The van der Waals surface area contributed by atoms with E-state index in [1.807, 2.05) is 5.51 Å². The molecule has 3 rings (SSSR count). The Bertz CT molecular complexity index is 552. The van der Waals surface area contributed by atoms with Gasteiger partial charge in [-0.05, 0) is 19.4 Å². The topological polar surface area (TPSA) is 28.2 Å². The Hall–Kier alpha value is -1.23. The zero-order valence-electron chi connectivity index (χ0n) is 12.0. The van der Waals surface area contributed by atoms with Crippen LogP contribution < -0.4 is 5.32 Å². The van der Waals surface area contributed by atoms with Crippen molar-refractivity contribution in [2.24, 2.45) is 0 Å². The summed E-state index contributed by atoms with van der Waals surface area (Å²) < 4.78 is 0. The van der Waals surface area contributed by atoms with Gasteiger partial charge < -0.3 is 5.32 Å². The molecular weight excluding hydrogens is 266 g/mol. The molecule has 2 unspecified atom stereocenters. The zero-order valence-corrected chi connectivity index (χ0v) is 12.9.